The number of fused-ring (bicyclic) bond motifs is 3. The summed E-state index contributed by atoms with van der Waals surface area (Å²) in [6, 6.07) is 13.8. The molecule has 8 nitrogen and oxygen atoms in total. The van der Waals surface area contributed by atoms with E-state index in [1.165, 1.54) is 6.33 Å². The van der Waals surface area contributed by atoms with Gasteiger partial charge in [-0.1, -0.05) is 18.2 Å². The molecule has 0 N–H and O–H groups in total. The van der Waals surface area contributed by atoms with Crippen LogP contribution in [-0.2, 0) is 16.0 Å². The third kappa shape index (κ3) is 6.37. The van der Waals surface area contributed by atoms with E-state index in [1.54, 1.807) is 24.3 Å². The molecule has 2 aliphatic rings. The first kappa shape index (κ1) is 25.9. The van der Waals surface area contributed by atoms with Crippen molar-refractivity contribution in [3.8, 4) is 16.9 Å². The van der Waals surface area contributed by atoms with E-state index in [4.69, 9.17) is 9.47 Å². The number of nitrogens with zero attached hydrogens (tertiary/aromatic N) is 4. The summed E-state index contributed by atoms with van der Waals surface area (Å²) in [5.41, 5.74) is 4.57. The summed E-state index contributed by atoms with van der Waals surface area (Å²) in [4.78, 5) is 38.2. The lowest BCUT2D eigenvalue weighted by Crippen LogP contribution is -2.41. The van der Waals surface area contributed by atoms with Gasteiger partial charge in [0.2, 0.25) is 5.91 Å². The van der Waals surface area contributed by atoms with Crippen LogP contribution in [0.5, 0.6) is 5.75 Å². The molecule has 2 aliphatic heterocycles. The Labute approximate surface area is 223 Å². The molecule has 1 unspecified atom stereocenters. The molecular weight excluding hydrogens is 480 g/mol. The van der Waals surface area contributed by atoms with E-state index >= 15 is 0 Å². The van der Waals surface area contributed by atoms with Gasteiger partial charge in [0.15, 0.2) is 0 Å². The van der Waals surface area contributed by atoms with Crippen molar-refractivity contribution in [3.05, 3.63) is 77.9 Å². The van der Waals surface area contributed by atoms with E-state index in [0.29, 0.717) is 44.6 Å². The number of likely N-dealkylation sites (N-methyl/N-ethyl adjacent to an activating group) is 1. The summed E-state index contributed by atoms with van der Waals surface area (Å²) in [6.45, 7) is 2.50. The fourth-order valence-electron chi connectivity index (χ4n) is 5.05. The smallest absolute Gasteiger partial charge is 0.253 e. The van der Waals surface area contributed by atoms with E-state index in [2.05, 4.69) is 16.0 Å². The lowest BCUT2D eigenvalue weighted by molar-refractivity contribution is -0.132. The van der Waals surface area contributed by atoms with E-state index in [9.17, 15) is 9.59 Å². The van der Waals surface area contributed by atoms with Gasteiger partial charge in [-0.05, 0) is 60.2 Å². The minimum absolute atomic E-state index is 0.0534. The molecule has 2 amide bonds. The first-order valence-electron chi connectivity index (χ1n) is 13.3. The van der Waals surface area contributed by atoms with E-state index in [0.717, 1.165) is 53.9 Å². The molecule has 3 heterocycles. The fraction of sp³-hybridized carbons (Fsp3) is 0.400. The van der Waals surface area contributed by atoms with Crippen molar-refractivity contribution in [1.29, 1.82) is 0 Å². The van der Waals surface area contributed by atoms with Gasteiger partial charge in [-0.25, -0.2) is 9.97 Å². The van der Waals surface area contributed by atoms with Gasteiger partial charge < -0.3 is 19.3 Å². The zero-order chi connectivity index (χ0) is 26.3. The summed E-state index contributed by atoms with van der Waals surface area (Å²) >= 11 is 0. The van der Waals surface area contributed by atoms with Crippen molar-refractivity contribution in [2.24, 2.45) is 0 Å². The summed E-state index contributed by atoms with van der Waals surface area (Å²) in [6.07, 6.45) is 9.09. The maximum absolute atomic E-state index is 13.2. The molecular formula is C30H34N4O4. The Morgan fingerprint density at radius 1 is 1.00 bits per heavy atom. The van der Waals surface area contributed by atoms with Crippen LogP contribution in [0.2, 0.25) is 0 Å². The molecule has 38 heavy (non-hydrogen) atoms. The Morgan fingerprint density at radius 2 is 1.87 bits per heavy atom. The Morgan fingerprint density at radius 3 is 2.68 bits per heavy atom. The van der Waals surface area contributed by atoms with Crippen LogP contribution < -0.4 is 4.74 Å². The molecule has 0 saturated carbocycles. The van der Waals surface area contributed by atoms with Crippen LogP contribution in [0.1, 0.15) is 47.2 Å². The molecule has 2 aromatic carbocycles. The number of carbonyl (C=O) groups excluding carboxylic acids is 2. The molecule has 1 aromatic heterocycles. The molecule has 0 spiro atoms. The van der Waals surface area contributed by atoms with Crippen LogP contribution in [0.3, 0.4) is 0 Å². The summed E-state index contributed by atoms with van der Waals surface area (Å²) in [7, 11) is 1.79. The number of amides is 2. The number of hydrogen-bond donors (Lipinski definition) is 0. The third-order valence-corrected chi connectivity index (χ3v) is 7.25. The number of hydrogen-bond acceptors (Lipinski definition) is 6. The number of benzene rings is 2. The van der Waals surface area contributed by atoms with Gasteiger partial charge in [0, 0.05) is 63.1 Å². The quantitative estimate of drug-likeness (QED) is 0.524. The molecule has 2 bridgehead atoms. The lowest BCUT2D eigenvalue weighted by Gasteiger charge is -2.27. The Kier molecular flexibility index (Phi) is 8.28. The van der Waals surface area contributed by atoms with Gasteiger partial charge in [-0.2, -0.15) is 0 Å². The molecule has 5 rings (SSSR count). The van der Waals surface area contributed by atoms with Crippen LogP contribution in [0.4, 0.5) is 0 Å². The number of carbonyl (C=O) groups is 2. The minimum Gasteiger partial charge on any atom is -0.491 e. The third-order valence-electron chi connectivity index (χ3n) is 7.25. The number of aromatic nitrogens is 2. The normalized spacial score (nSPS) is 18.4. The highest BCUT2D eigenvalue weighted by Gasteiger charge is 2.22. The fourth-order valence-corrected chi connectivity index (χ4v) is 5.05. The van der Waals surface area contributed by atoms with Crippen LogP contribution in [0, 0.1) is 0 Å². The van der Waals surface area contributed by atoms with Crippen LogP contribution >= 0.6 is 0 Å². The molecule has 0 radical (unpaired) electrons. The van der Waals surface area contributed by atoms with Crippen LogP contribution in [-0.4, -0.2) is 77.6 Å². The van der Waals surface area contributed by atoms with Crippen LogP contribution in [0.15, 0.2) is 61.2 Å². The zero-order valence-electron chi connectivity index (χ0n) is 21.8. The van der Waals surface area contributed by atoms with Gasteiger partial charge in [0.25, 0.3) is 5.91 Å². The van der Waals surface area contributed by atoms with E-state index < -0.39 is 0 Å². The van der Waals surface area contributed by atoms with Gasteiger partial charge in [0.1, 0.15) is 18.7 Å². The highest BCUT2D eigenvalue weighted by Crippen LogP contribution is 2.29. The van der Waals surface area contributed by atoms with Crippen molar-refractivity contribution < 1.29 is 19.1 Å². The van der Waals surface area contributed by atoms with Crippen molar-refractivity contribution in [1.82, 2.24) is 19.8 Å². The minimum atomic E-state index is -0.0534. The monoisotopic (exact) mass is 514 g/mol. The van der Waals surface area contributed by atoms with Gasteiger partial charge in [0.05, 0.1) is 12.6 Å². The maximum Gasteiger partial charge on any atom is 0.253 e. The molecule has 1 saturated heterocycles. The first-order chi connectivity index (χ1) is 18.6. The molecule has 198 valence electrons. The largest absolute Gasteiger partial charge is 0.491 e. The molecule has 0 aliphatic carbocycles. The van der Waals surface area contributed by atoms with Gasteiger partial charge in [-0.15, -0.1) is 0 Å². The topological polar surface area (TPSA) is 84.9 Å². The summed E-state index contributed by atoms with van der Waals surface area (Å²) in [5.74, 6) is 0.782. The van der Waals surface area contributed by atoms with Crippen molar-refractivity contribution >= 4 is 11.8 Å². The van der Waals surface area contributed by atoms with Crippen molar-refractivity contribution in [2.45, 2.75) is 38.2 Å². The molecule has 1 atom stereocenters. The second-order valence-electron chi connectivity index (χ2n) is 9.96. The predicted molar refractivity (Wildman–Crippen MR) is 144 cm³/mol. The SMILES string of the molecule is CN1CCN(C(=O)CCC2CCCO2)CCOc2ccc(-c3cncnc3)cc2Cc2cccc(c2)C1=O. The first-order valence-corrected chi connectivity index (χ1v) is 13.3. The zero-order valence-corrected chi connectivity index (χ0v) is 21.8. The Balaban J connectivity index is 1.41. The molecule has 1 fully saturated rings. The molecule has 8 heteroatoms. The highest BCUT2D eigenvalue weighted by molar-refractivity contribution is 5.94. The second kappa shape index (κ2) is 12.2. The van der Waals surface area contributed by atoms with E-state index in [1.807, 2.05) is 41.3 Å². The number of rotatable bonds is 4. The van der Waals surface area contributed by atoms with Gasteiger partial charge >= 0.3 is 0 Å². The average Bonchev–Trinajstić information content (AvgIpc) is 3.47. The Hall–Kier alpha value is -3.78. The summed E-state index contributed by atoms with van der Waals surface area (Å²) < 4.78 is 12.0. The standard InChI is InChI=1S/C30H34N4O4/c1-33-11-12-34(29(35)10-8-27-6-3-14-37-27)13-15-38-28-9-7-23(26-19-31-21-32-20-26)18-25(28)17-22-4-2-5-24(16-22)30(33)36/h2,4-5,7,9,16,18-21,27H,3,6,8,10-15,17H2,1H3. The Bertz CT molecular complexity index is 1260. The van der Waals surface area contributed by atoms with E-state index in [-0.39, 0.29) is 17.9 Å². The summed E-state index contributed by atoms with van der Waals surface area (Å²) in [5, 5.41) is 0. The number of ether oxygens (including phenoxy) is 2. The highest BCUT2D eigenvalue weighted by atomic mass is 16.5. The molecule has 3 aromatic rings. The lowest BCUT2D eigenvalue weighted by atomic mass is 9.98. The van der Waals surface area contributed by atoms with Gasteiger partial charge in [-0.3, -0.25) is 9.59 Å². The van der Waals surface area contributed by atoms with Crippen molar-refractivity contribution in [3.63, 3.8) is 0 Å². The average molecular weight is 515 g/mol. The van der Waals surface area contributed by atoms with Crippen molar-refractivity contribution in [2.75, 3.05) is 39.9 Å². The van der Waals surface area contributed by atoms with Crippen LogP contribution in [0.25, 0.3) is 11.1 Å². The second-order valence-corrected chi connectivity index (χ2v) is 9.96. The predicted octanol–water partition coefficient (Wildman–Crippen LogP) is 3.99. The maximum atomic E-state index is 13.2.